The molecule has 12 heteroatoms. The average molecular weight is 411 g/mol. The Morgan fingerprint density at radius 1 is 1.29 bits per heavy atom. The van der Waals surface area contributed by atoms with Crippen LogP contribution < -0.4 is 5.32 Å². The van der Waals surface area contributed by atoms with E-state index in [1.165, 1.54) is 6.33 Å². The topological polar surface area (TPSA) is 174 Å². The lowest BCUT2D eigenvalue weighted by molar-refractivity contribution is -0.209. The predicted octanol–water partition coefficient (Wildman–Crippen LogP) is -0.285. The van der Waals surface area contributed by atoms with E-state index in [4.69, 9.17) is 9.84 Å². The monoisotopic (exact) mass is 411 g/mol. The quantitative estimate of drug-likeness (QED) is 0.272. The molecular formula is C16H21N5O6S. The van der Waals surface area contributed by atoms with Crippen LogP contribution in [0.5, 0.6) is 0 Å². The number of nitrogens with zero attached hydrogens (tertiary/aromatic N) is 3. The molecule has 0 amide bonds. The molecule has 5 atom stereocenters. The maximum absolute atomic E-state index is 11.2. The molecule has 1 aliphatic heterocycles. The zero-order chi connectivity index (χ0) is 20.4. The Labute approximate surface area is 163 Å². The number of anilines is 1. The number of aromatic amines is 1. The lowest BCUT2D eigenvalue weighted by atomic mass is 10.0. The first-order valence-corrected chi connectivity index (χ1v) is 9.33. The Hall–Kier alpha value is -2.25. The number of aliphatic hydroxyl groups is 3. The number of carboxylic acids is 1. The predicted molar refractivity (Wildman–Crippen MR) is 99.8 cm³/mol. The van der Waals surface area contributed by atoms with E-state index in [1.807, 2.05) is 19.9 Å². The lowest BCUT2D eigenvalue weighted by Gasteiger charge is -2.38. The first-order valence-electron chi connectivity index (χ1n) is 8.45. The summed E-state index contributed by atoms with van der Waals surface area (Å²) in [6, 6.07) is 0. The molecule has 0 aliphatic carbocycles. The summed E-state index contributed by atoms with van der Waals surface area (Å²) in [5.74, 6) is -0.972. The van der Waals surface area contributed by atoms with Crippen molar-refractivity contribution in [2.45, 2.75) is 48.9 Å². The molecule has 6 N–H and O–H groups in total. The van der Waals surface area contributed by atoms with Gasteiger partial charge in [0.05, 0.1) is 6.33 Å². The van der Waals surface area contributed by atoms with Gasteiger partial charge in [0.15, 0.2) is 22.7 Å². The van der Waals surface area contributed by atoms with E-state index in [1.54, 1.807) is 0 Å². The lowest BCUT2D eigenvalue weighted by Crippen LogP contribution is -2.58. The second-order valence-corrected chi connectivity index (χ2v) is 7.54. The van der Waals surface area contributed by atoms with Gasteiger partial charge in [-0.15, -0.1) is 0 Å². The summed E-state index contributed by atoms with van der Waals surface area (Å²) in [5.41, 5.74) is 0.901. The van der Waals surface area contributed by atoms with Crippen molar-refractivity contribution in [2.24, 2.45) is 0 Å². The zero-order valence-corrected chi connectivity index (χ0v) is 15.9. The average Bonchev–Trinajstić information content (AvgIpc) is 3.10. The van der Waals surface area contributed by atoms with Crippen molar-refractivity contribution in [3.05, 3.63) is 18.0 Å². The van der Waals surface area contributed by atoms with Crippen LogP contribution in [0, 0.1) is 0 Å². The Kier molecular flexibility index (Phi) is 6.15. The van der Waals surface area contributed by atoms with Crippen molar-refractivity contribution in [3.63, 3.8) is 0 Å². The Morgan fingerprint density at radius 3 is 2.71 bits per heavy atom. The number of fused-ring (bicyclic) bond motifs is 1. The number of carboxylic acid groups (broad SMARTS) is 1. The first-order chi connectivity index (χ1) is 13.3. The molecule has 0 spiro atoms. The maximum Gasteiger partial charge on any atom is 0.335 e. The SMILES string of the molecule is CC(C)=CCNc1nc(S[C@@H]2O[C@H](C(=O)O)[C@@H](O)[C@H](O)[C@H]2O)nc2nc[nH]c12. The highest BCUT2D eigenvalue weighted by Gasteiger charge is 2.47. The molecule has 28 heavy (non-hydrogen) atoms. The van der Waals surface area contributed by atoms with Crippen molar-refractivity contribution < 1.29 is 30.0 Å². The number of aliphatic hydroxyl groups excluding tert-OH is 3. The number of imidazole rings is 1. The highest BCUT2D eigenvalue weighted by Crippen LogP contribution is 2.33. The van der Waals surface area contributed by atoms with Crippen LogP contribution in [0.2, 0.25) is 0 Å². The van der Waals surface area contributed by atoms with Crippen LogP contribution in [0.3, 0.4) is 0 Å². The van der Waals surface area contributed by atoms with E-state index in [0.717, 1.165) is 17.3 Å². The molecule has 0 bridgehead atoms. The van der Waals surface area contributed by atoms with Crippen LogP contribution in [0.15, 0.2) is 23.1 Å². The highest BCUT2D eigenvalue weighted by atomic mass is 32.2. The van der Waals surface area contributed by atoms with Gasteiger partial charge in [-0.05, 0) is 13.8 Å². The minimum atomic E-state index is -1.75. The summed E-state index contributed by atoms with van der Waals surface area (Å²) in [6.45, 7) is 4.45. The molecule has 1 aliphatic rings. The van der Waals surface area contributed by atoms with Crippen LogP contribution in [0.4, 0.5) is 5.82 Å². The van der Waals surface area contributed by atoms with E-state index in [2.05, 4.69) is 25.3 Å². The fourth-order valence-corrected chi connectivity index (χ4v) is 3.57. The summed E-state index contributed by atoms with van der Waals surface area (Å²) in [4.78, 5) is 26.9. The van der Waals surface area contributed by atoms with Crippen molar-refractivity contribution in [1.82, 2.24) is 19.9 Å². The number of hydrogen-bond donors (Lipinski definition) is 6. The largest absolute Gasteiger partial charge is 0.479 e. The van der Waals surface area contributed by atoms with Crippen LogP contribution in [-0.4, -0.2) is 82.7 Å². The van der Waals surface area contributed by atoms with E-state index in [-0.39, 0.29) is 5.16 Å². The minimum absolute atomic E-state index is 0.163. The van der Waals surface area contributed by atoms with E-state index >= 15 is 0 Å². The normalized spacial score (nSPS) is 27.5. The van der Waals surface area contributed by atoms with E-state index in [9.17, 15) is 20.1 Å². The van der Waals surface area contributed by atoms with Gasteiger partial charge in [-0.25, -0.2) is 19.7 Å². The number of hydrogen-bond acceptors (Lipinski definition) is 10. The third kappa shape index (κ3) is 4.25. The maximum atomic E-state index is 11.2. The van der Waals surface area contributed by atoms with Gasteiger partial charge in [0, 0.05) is 6.54 Å². The second kappa shape index (κ2) is 8.41. The van der Waals surface area contributed by atoms with Crippen LogP contribution in [0.25, 0.3) is 11.2 Å². The number of ether oxygens (including phenoxy) is 1. The summed E-state index contributed by atoms with van der Waals surface area (Å²) in [6.07, 6.45) is -3.21. The molecule has 0 unspecified atom stereocenters. The van der Waals surface area contributed by atoms with Gasteiger partial charge in [-0.1, -0.05) is 23.4 Å². The molecule has 0 saturated carbocycles. The standard InChI is InChI=1S/C16H21N5O6S/c1-6(2)3-4-17-12-7-13(19-5-18-7)21-16(20-12)28-15-10(24)8(22)9(23)11(27-15)14(25)26/h3,5,8-11,15,22-24H,4H2,1-2H3,(H,25,26)(H2,17,18,19,20,21)/t8-,9-,10+,11-,15-/m0/s1. The zero-order valence-electron chi connectivity index (χ0n) is 15.1. The third-order valence-electron chi connectivity index (χ3n) is 4.08. The number of H-pyrrole nitrogens is 1. The number of nitrogens with one attached hydrogen (secondary N) is 2. The molecule has 3 rings (SSSR count). The van der Waals surface area contributed by atoms with Crippen molar-refractivity contribution >= 4 is 34.7 Å². The molecular weight excluding hydrogens is 390 g/mol. The summed E-state index contributed by atoms with van der Waals surface area (Å²) in [5, 5.41) is 42.3. The fraction of sp³-hybridized carbons (Fsp3) is 0.500. The molecule has 1 fully saturated rings. The second-order valence-electron chi connectivity index (χ2n) is 6.47. The molecule has 2 aromatic heterocycles. The Morgan fingerprint density at radius 2 is 2.04 bits per heavy atom. The summed E-state index contributed by atoms with van der Waals surface area (Å²) in [7, 11) is 0. The number of carbonyl (C=O) groups is 1. The molecule has 0 aromatic carbocycles. The van der Waals surface area contributed by atoms with Crippen molar-refractivity contribution in [1.29, 1.82) is 0 Å². The van der Waals surface area contributed by atoms with Gasteiger partial charge < -0.3 is 35.5 Å². The smallest absolute Gasteiger partial charge is 0.335 e. The summed E-state index contributed by atoms with van der Waals surface area (Å²) >= 11 is 0.834. The van der Waals surface area contributed by atoms with Crippen molar-refractivity contribution in [3.8, 4) is 0 Å². The van der Waals surface area contributed by atoms with Gasteiger partial charge in [-0.2, -0.15) is 0 Å². The van der Waals surface area contributed by atoms with Gasteiger partial charge in [0.25, 0.3) is 0 Å². The molecule has 11 nitrogen and oxygen atoms in total. The fourth-order valence-electron chi connectivity index (χ4n) is 2.60. The van der Waals surface area contributed by atoms with Crippen LogP contribution in [-0.2, 0) is 9.53 Å². The van der Waals surface area contributed by atoms with Crippen molar-refractivity contribution in [2.75, 3.05) is 11.9 Å². The van der Waals surface area contributed by atoms with E-state index in [0.29, 0.717) is 23.5 Å². The molecule has 2 aromatic rings. The first kappa shape index (κ1) is 20.5. The highest BCUT2D eigenvalue weighted by molar-refractivity contribution is 7.99. The molecule has 3 heterocycles. The minimum Gasteiger partial charge on any atom is -0.479 e. The van der Waals surface area contributed by atoms with Crippen LogP contribution >= 0.6 is 11.8 Å². The van der Waals surface area contributed by atoms with Gasteiger partial charge in [-0.3, -0.25) is 0 Å². The third-order valence-corrected chi connectivity index (χ3v) is 5.10. The number of allylic oxidation sites excluding steroid dienone is 1. The van der Waals surface area contributed by atoms with Gasteiger partial charge in [0.1, 0.15) is 29.3 Å². The Balaban J connectivity index is 1.85. The molecule has 152 valence electrons. The molecule has 1 saturated heterocycles. The number of thioether (sulfide) groups is 1. The number of rotatable bonds is 6. The van der Waals surface area contributed by atoms with Crippen LogP contribution in [0.1, 0.15) is 13.8 Å². The van der Waals surface area contributed by atoms with Gasteiger partial charge in [0.2, 0.25) is 0 Å². The van der Waals surface area contributed by atoms with E-state index < -0.39 is 35.8 Å². The van der Waals surface area contributed by atoms with Gasteiger partial charge >= 0.3 is 5.97 Å². The Bertz CT molecular complexity index is 886. The molecule has 0 radical (unpaired) electrons. The number of aliphatic carboxylic acids is 1. The number of aromatic nitrogens is 4. The summed E-state index contributed by atoms with van der Waals surface area (Å²) < 4.78 is 5.26.